The van der Waals surface area contributed by atoms with Crippen molar-refractivity contribution < 1.29 is 4.74 Å². The van der Waals surface area contributed by atoms with Gasteiger partial charge in [-0.25, -0.2) is 4.98 Å². The summed E-state index contributed by atoms with van der Waals surface area (Å²) < 4.78 is 5.20. The molecule has 1 aromatic heterocycles. The largest absolute Gasteiger partial charge is 0.496 e. The molecule has 4 heteroatoms. The van der Waals surface area contributed by atoms with Crippen LogP contribution >= 0.6 is 0 Å². The molecule has 0 saturated heterocycles. The average Bonchev–Trinajstić information content (AvgIpc) is 2.81. The first kappa shape index (κ1) is 9.73. The Morgan fingerprint density at radius 3 is 2.93 bits per heavy atom. The summed E-state index contributed by atoms with van der Waals surface area (Å²) in [5.41, 5.74) is 8.68. The van der Waals surface area contributed by atoms with Gasteiger partial charge >= 0.3 is 0 Å². The lowest BCUT2D eigenvalue weighted by molar-refractivity contribution is 0.410. The van der Waals surface area contributed by atoms with E-state index in [-0.39, 0.29) is 0 Å². The van der Waals surface area contributed by atoms with Crippen LogP contribution in [0.5, 0.6) is 5.75 Å². The van der Waals surface area contributed by atoms with Gasteiger partial charge < -0.3 is 15.5 Å². The molecule has 2 rings (SSSR count). The number of methoxy groups -OCH3 is 1. The first-order valence-electron chi connectivity index (χ1n) is 4.71. The normalized spacial score (nSPS) is 10.3. The van der Waals surface area contributed by atoms with Crippen LogP contribution < -0.4 is 10.5 Å². The lowest BCUT2D eigenvalue weighted by Gasteiger charge is -2.07. The molecule has 0 amide bonds. The van der Waals surface area contributed by atoms with Crippen molar-refractivity contribution in [3.05, 3.63) is 36.3 Å². The zero-order valence-corrected chi connectivity index (χ0v) is 8.53. The van der Waals surface area contributed by atoms with E-state index in [4.69, 9.17) is 10.5 Å². The molecule has 15 heavy (non-hydrogen) atoms. The van der Waals surface area contributed by atoms with Gasteiger partial charge in [-0.3, -0.25) is 0 Å². The van der Waals surface area contributed by atoms with Crippen molar-refractivity contribution in [3.63, 3.8) is 0 Å². The highest BCUT2D eigenvalue weighted by Gasteiger charge is 2.04. The molecule has 3 N–H and O–H groups in total. The molecule has 0 atom stereocenters. The van der Waals surface area contributed by atoms with Crippen LogP contribution in [0.2, 0.25) is 0 Å². The summed E-state index contributed by atoms with van der Waals surface area (Å²) in [5.74, 6) is 0.820. The smallest absolute Gasteiger partial charge is 0.123 e. The van der Waals surface area contributed by atoms with Crippen molar-refractivity contribution in [1.29, 1.82) is 0 Å². The number of nitrogens with one attached hydrogen (secondary N) is 1. The van der Waals surface area contributed by atoms with Gasteiger partial charge in [0.25, 0.3) is 0 Å². The van der Waals surface area contributed by atoms with E-state index in [1.807, 2.05) is 18.2 Å². The molecule has 0 radical (unpaired) electrons. The Morgan fingerprint density at radius 2 is 2.33 bits per heavy atom. The molecule has 0 fully saturated rings. The molecule has 4 nitrogen and oxygen atoms in total. The number of aromatic amines is 1. The summed E-state index contributed by atoms with van der Waals surface area (Å²) in [6.45, 7) is 0.463. The molecular weight excluding hydrogens is 190 g/mol. The van der Waals surface area contributed by atoms with Gasteiger partial charge in [-0.05, 0) is 18.2 Å². The van der Waals surface area contributed by atoms with Gasteiger partial charge in [-0.1, -0.05) is 0 Å². The predicted octanol–water partition coefficient (Wildman–Crippen LogP) is 1.54. The number of nitrogens with two attached hydrogens (primary N) is 1. The lowest BCUT2D eigenvalue weighted by atomic mass is 10.1. The van der Waals surface area contributed by atoms with Gasteiger partial charge in [0, 0.05) is 17.7 Å². The highest BCUT2D eigenvalue weighted by molar-refractivity contribution is 5.61. The van der Waals surface area contributed by atoms with E-state index in [9.17, 15) is 0 Å². The van der Waals surface area contributed by atoms with E-state index < -0.39 is 0 Å². The van der Waals surface area contributed by atoms with Crippen molar-refractivity contribution in [2.45, 2.75) is 6.54 Å². The van der Waals surface area contributed by atoms with Crippen LogP contribution in [-0.2, 0) is 6.54 Å². The summed E-state index contributed by atoms with van der Waals surface area (Å²) >= 11 is 0. The molecule has 0 saturated carbocycles. The van der Waals surface area contributed by atoms with Crippen molar-refractivity contribution in [2.75, 3.05) is 7.11 Å². The standard InChI is InChI=1S/C11H13N3O/c1-15-11-3-2-8(4-9(11)5-12)10-6-13-7-14-10/h2-4,6-7H,5,12H2,1H3,(H,13,14). The molecule has 0 spiro atoms. The van der Waals surface area contributed by atoms with Gasteiger partial charge in [0.2, 0.25) is 0 Å². The number of H-pyrrole nitrogens is 1. The van der Waals surface area contributed by atoms with E-state index in [1.165, 1.54) is 0 Å². The maximum atomic E-state index is 5.64. The zero-order valence-electron chi connectivity index (χ0n) is 8.53. The first-order chi connectivity index (χ1) is 7.35. The molecule has 0 unspecified atom stereocenters. The maximum absolute atomic E-state index is 5.64. The molecule has 1 heterocycles. The van der Waals surface area contributed by atoms with Crippen LogP contribution in [0.15, 0.2) is 30.7 Å². The van der Waals surface area contributed by atoms with Gasteiger partial charge in [-0.15, -0.1) is 0 Å². The number of hydrogen-bond donors (Lipinski definition) is 2. The van der Waals surface area contributed by atoms with Crippen molar-refractivity contribution in [2.24, 2.45) is 5.73 Å². The molecular formula is C11H13N3O. The summed E-state index contributed by atoms with van der Waals surface area (Å²) in [6, 6.07) is 5.90. The molecule has 0 aliphatic carbocycles. The Kier molecular flexibility index (Phi) is 2.69. The second-order valence-electron chi connectivity index (χ2n) is 3.20. The Morgan fingerprint density at radius 1 is 1.47 bits per heavy atom. The van der Waals surface area contributed by atoms with Crippen molar-refractivity contribution in [1.82, 2.24) is 9.97 Å². The number of hydrogen-bond acceptors (Lipinski definition) is 3. The summed E-state index contributed by atoms with van der Waals surface area (Å²) in [4.78, 5) is 7.03. The fraction of sp³-hybridized carbons (Fsp3) is 0.182. The number of benzene rings is 1. The summed E-state index contributed by atoms with van der Waals surface area (Å²) in [5, 5.41) is 0. The minimum atomic E-state index is 0.463. The minimum absolute atomic E-state index is 0.463. The van der Waals surface area contributed by atoms with E-state index >= 15 is 0 Å². The monoisotopic (exact) mass is 203 g/mol. The third-order valence-corrected chi connectivity index (χ3v) is 2.31. The Bertz CT molecular complexity index is 437. The van der Waals surface area contributed by atoms with Crippen LogP contribution in [-0.4, -0.2) is 17.1 Å². The molecule has 0 aliphatic heterocycles. The van der Waals surface area contributed by atoms with Crippen molar-refractivity contribution >= 4 is 0 Å². The maximum Gasteiger partial charge on any atom is 0.123 e. The second kappa shape index (κ2) is 4.14. The van der Waals surface area contributed by atoms with Gasteiger partial charge in [0.15, 0.2) is 0 Å². The number of ether oxygens (including phenoxy) is 1. The van der Waals surface area contributed by atoms with Gasteiger partial charge in [0.1, 0.15) is 5.75 Å². The van der Waals surface area contributed by atoms with Crippen molar-refractivity contribution in [3.8, 4) is 17.0 Å². The molecule has 2 aromatic rings. The number of nitrogens with zero attached hydrogens (tertiary/aromatic N) is 1. The summed E-state index contributed by atoms with van der Waals surface area (Å²) in [7, 11) is 1.64. The van der Waals surface area contributed by atoms with Crippen LogP contribution in [0, 0.1) is 0 Å². The van der Waals surface area contributed by atoms with Crippen LogP contribution in [0.25, 0.3) is 11.3 Å². The highest BCUT2D eigenvalue weighted by Crippen LogP contribution is 2.24. The van der Waals surface area contributed by atoms with E-state index in [2.05, 4.69) is 9.97 Å². The van der Waals surface area contributed by atoms with Gasteiger partial charge in [-0.2, -0.15) is 0 Å². The van der Waals surface area contributed by atoms with E-state index in [1.54, 1.807) is 19.6 Å². The van der Waals surface area contributed by atoms with Crippen LogP contribution in [0.4, 0.5) is 0 Å². The van der Waals surface area contributed by atoms with Crippen LogP contribution in [0.1, 0.15) is 5.56 Å². The molecule has 0 bridgehead atoms. The molecule has 78 valence electrons. The first-order valence-corrected chi connectivity index (χ1v) is 4.71. The summed E-state index contributed by atoms with van der Waals surface area (Å²) in [6.07, 6.45) is 3.43. The van der Waals surface area contributed by atoms with E-state index in [0.717, 1.165) is 22.6 Å². The predicted molar refractivity (Wildman–Crippen MR) is 58.5 cm³/mol. The van der Waals surface area contributed by atoms with Crippen LogP contribution in [0.3, 0.4) is 0 Å². The highest BCUT2D eigenvalue weighted by atomic mass is 16.5. The fourth-order valence-electron chi connectivity index (χ4n) is 1.52. The Hall–Kier alpha value is -1.81. The average molecular weight is 203 g/mol. The number of rotatable bonds is 3. The lowest BCUT2D eigenvalue weighted by Crippen LogP contribution is -2.00. The Labute approximate surface area is 88.1 Å². The SMILES string of the molecule is COc1ccc(-c2cnc[nH]2)cc1CN. The second-order valence-corrected chi connectivity index (χ2v) is 3.20. The third-order valence-electron chi connectivity index (χ3n) is 2.31. The molecule has 1 aromatic carbocycles. The third kappa shape index (κ3) is 1.85. The van der Waals surface area contributed by atoms with E-state index in [0.29, 0.717) is 6.54 Å². The fourth-order valence-corrected chi connectivity index (χ4v) is 1.52. The quantitative estimate of drug-likeness (QED) is 0.795. The van der Waals surface area contributed by atoms with Gasteiger partial charge in [0.05, 0.1) is 25.3 Å². The molecule has 0 aliphatic rings. The number of aromatic nitrogens is 2. The zero-order chi connectivity index (χ0) is 10.7. The minimum Gasteiger partial charge on any atom is -0.496 e. The Balaban J connectivity index is 2.43. The topological polar surface area (TPSA) is 63.9 Å². The number of imidazole rings is 1.